The van der Waals surface area contributed by atoms with Gasteiger partial charge < -0.3 is 15.6 Å². The fourth-order valence-corrected chi connectivity index (χ4v) is 3.35. The molecule has 138 valence electrons. The Labute approximate surface area is 153 Å². The van der Waals surface area contributed by atoms with Gasteiger partial charge in [-0.15, -0.1) is 0 Å². The molecule has 3 aromatic rings. The number of imidazole rings is 1. The summed E-state index contributed by atoms with van der Waals surface area (Å²) in [6.07, 6.45) is 4.24. The van der Waals surface area contributed by atoms with Crippen LogP contribution in [-0.4, -0.2) is 27.0 Å². The predicted octanol–water partition coefficient (Wildman–Crippen LogP) is 3.43. The van der Waals surface area contributed by atoms with Crippen molar-refractivity contribution in [1.29, 1.82) is 0 Å². The zero-order chi connectivity index (χ0) is 18.5. The number of rotatable bonds is 8. The van der Waals surface area contributed by atoms with Crippen LogP contribution in [0.15, 0.2) is 24.3 Å². The molecule has 0 atom stereocenters. The van der Waals surface area contributed by atoms with E-state index >= 15 is 0 Å². The molecule has 0 aliphatic carbocycles. The second-order valence-electron chi connectivity index (χ2n) is 6.55. The summed E-state index contributed by atoms with van der Waals surface area (Å²) in [4.78, 5) is 20.8. The molecule has 6 nitrogen and oxygen atoms in total. The molecular weight excluding hydrogens is 326 g/mol. The average Bonchev–Trinajstić information content (AvgIpc) is 3.01. The lowest BCUT2D eigenvalue weighted by Gasteiger charge is -2.10. The van der Waals surface area contributed by atoms with Crippen molar-refractivity contribution in [3.05, 3.63) is 30.1 Å². The third-order valence-electron chi connectivity index (χ3n) is 4.61. The maximum atomic E-state index is 11.5. The number of nitrogens with zero attached hydrogens (tertiary/aromatic N) is 3. The number of carbonyl (C=O) groups excluding carboxylic acids is 1. The number of hydrogen-bond acceptors (Lipinski definition) is 4. The number of amides is 1. The van der Waals surface area contributed by atoms with Crippen LogP contribution in [0.2, 0.25) is 0 Å². The Hall–Kier alpha value is -2.63. The Balaban J connectivity index is 1.82. The van der Waals surface area contributed by atoms with Gasteiger partial charge in [-0.05, 0) is 25.3 Å². The van der Waals surface area contributed by atoms with Crippen LogP contribution in [0.3, 0.4) is 0 Å². The predicted molar refractivity (Wildman–Crippen MR) is 106 cm³/mol. The first-order chi connectivity index (χ1) is 12.7. The number of hydrogen-bond donors (Lipinski definition) is 2. The molecule has 0 aliphatic rings. The number of aromatic nitrogens is 3. The second kappa shape index (κ2) is 8.17. The van der Waals surface area contributed by atoms with E-state index in [4.69, 9.17) is 10.7 Å². The molecule has 3 N–H and O–H groups in total. The van der Waals surface area contributed by atoms with Gasteiger partial charge in [-0.2, -0.15) is 0 Å². The minimum Gasteiger partial charge on any atom is -0.382 e. The van der Waals surface area contributed by atoms with E-state index in [1.807, 2.05) is 25.1 Å². The molecular formula is C20H27N5O. The number of nitrogens with two attached hydrogens (primary N) is 1. The minimum absolute atomic E-state index is 0.139. The Morgan fingerprint density at radius 3 is 2.77 bits per heavy atom. The number of fused-ring (bicyclic) bond motifs is 3. The van der Waals surface area contributed by atoms with Gasteiger partial charge in [-0.3, -0.25) is 4.79 Å². The van der Waals surface area contributed by atoms with Crippen molar-refractivity contribution in [2.75, 3.05) is 12.3 Å². The lowest BCUT2D eigenvalue weighted by molar-refractivity contribution is -0.121. The molecule has 0 unspecified atom stereocenters. The summed E-state index contributed by atoms with van der Waals surface area (Å²) >= 11 is 0. The summed E-state index contributed by atoms with van der Waals surface area (Å²) in [5, 5.41) is 4.06. The Morgan fingerprint density at radius 1 is 1.19 bits per heavy atom. The first kappa shape index (κ1) is 18.2. The largest absolute Gasteiger partial charge is 0.382 e. The van der Waals surface area contributed by atoms with E-state index in [2.05, 4.69) is 27.9 Å². The minimum atomic E-state index is 0.139. The van der Waals surface area contributed by atoms with Gasteiger partial charge in [-0.25, -0.2) is 9.97 Å². The zero-order valence-corrected chi connectivity index (χ0v) is 15.6. The first-order valence-electron chi connectivity index (χ1n) is 9.45. The van der Waals surface area contributed by atoms with E-state index in [0.717, 1.165) is 66.5 Å². The van der Waals surface area contributed by atoms with Gasteiger partial charge in [0.25, 0.3) is 0 Å². The monoisotopic (exact) mass is 353 g/mol. The van der Waals surface area contributed by atoms with Gasteiger partial charge in [0.1, 0.15) is 11.3 Å². The van der Waals surface area contributed by atoms with Crippen LogP contribution in [0.4, 0.5) is 5.82 Å². The van der Waals surface area contributed by atoms with Crippen LogP contribution in [0.25, 0.3) is 21.9 Å². The number of para-hydroxylation sites is 1. The smallest absolute Gasteiger partial charge is 0.219 e. The van der Waals surface area contributed by atoms with Crippen molar-refractivity contribution in [3.8, 4) is 0 Å². The molecule has 2 aromatic heterocycles. The number of unbranched alkanes of at least 4 members (excludes halogenated alkanes) is 1. The Kier molecular flexibility index (Phi) is 5.71. The molecule has 0 radical (unpaired) electrons. The van der Waals surface area contributed by atoms with Crippen LogP contribution in [0.5, 0.6) is 0 Å². The number of carbonyl (C=O) groups is 1. The molecule has 0 aliphatic heterocycles. The standard InChI is InChI=1S/C20H27N5O/c1-3-9-17(26)22-12-7-8-13-25-16(4-2)24-18-19(25)14-10-5-6-11-15(14)23-20(18)21/h5-6,10-11H,3-4,7-9,12-13H2,1-2H3,(H2,21,23)(H,22,26). The second-order valence-corrected chi connectivity index (χ2v) is 6.55. The number of pyridine rings is 1. The van der Waals surface area contributed by atoms with Crippen LogP contribution < -0.4 is 11.1 Å². The van der Waals surface area contributed by atoms with Gasteiger partial charge in [-0.1, -0.05) is 32.0 Å². The van der Waals surface area contributed by atoms with Crippen LogP contribution in [0.1, 0.15) is 45.4 Å². The van der Waals surface area contributed by atoms with E-state index in [-0.39, 0.29) is 5.91 Å². The van der Waals surface area contributed by atoms with Crippen molar-refractivity contribution in [3.63, 3.8) is 0 Å². The molecule has 3 rings (SSSR count). The molecule has 2 heterocycles. The lowest BCUT2D eigenvalue weighted by atomic mass is 10.2. The van der Waals surface area contributed by atoms with Gasteiger partial charge in [0.15, 0.2) is 5.82 Å². The quantitative estimate of drug-likeness (QED) is 0.608. The molecule has 1 aromatic carbocycles. The van der Waals surface area contributed by atoms with E-state index in [1.165, 1.54) is 0 Å². The lowest BCUT2D eigenvalue weighted by Crippen LogP contribution is -2.24. The summed E-state index contributed by atoms with van der Waals surface area (Å²) in [6, 6.07) is 8.05. The highest BCUT2D eigenvalue weighted by molar-refractivity contribution is 6.06. The fourth-order valence-electron chi connectivity index (χ4n) is 3.35. The molecule has 26 heavy (non-hydrogen) atoms. The van der Waals surface area contributed by atoms with Crippen molar-refractivity contribution >= 4 is 33.7 Å². The number of benzene rings is 1. The molecule has 0 bridgehead atoms. The topological polar surface area (TPSA) is 85.8 Å². The van der Waals surface area contributed by atoms with E-state index in [0.29, 0.717) is 12.2 Å². The molecule has 0 saturated heterocycles. The molecule has 0 spiro atoms. The third kappa shape index (κ3) is 3.64. The summed E-state index contributed by atoms with van der Waals surface area (Å²) in [5.74, 6) is 1.65. The zero-order valence-electron chi connectivity index (χ0n) is 15.6. The maximum Gasteiger partial charge on any atom is 0.219 e. The summed E-state index contributed by atoms with van der Waals surface area (Å²) in [5.41, 5.74) is 8.92. The van der Waals surface area contributed by atoms with E-state index in [1.54, 1.807) is 0 Å². The molecule has 0 saturated carbocycles. The summed E-state index contributed by atoms with van der Waals surface area (Å²) in [7, 11) is 0. The number of aryl methyl sites for hydroxylation is 2. The highest BCUT2D eigenvalue weighted by atomic mass is 16.1. The number of nitrogens with one attached hydrogen (secondary N) is 1. The number of anilines is 1. The Bertz CT molecular complexity index is 915. The highest BCUT2D eigenvalue weighted by Crippen LogP contribution is 2.29. The van der Waals surface area contributed by atoms with E-state index in [9.17, 15) is 4.79 Å². The fraction of sp³-hybridized carbons (Fsp3) is 0.450. The summed E-state index contributed by atoms with van der Waals surface area (Å²) < 4.78 is 2.27. The molecule has 6 heteroatoms. The number of nitrogen functional groups attached to an aromatic ring is 1. The van der Waals surface area contributed by atoms with Crippen molar-refractivity contribution in [2.24, 2.45) is 0 Å². The Morgan fingerprint density at radius 2 is 2.00 bits per heavy atom. The molecule has 0 fully saturated rings. The average molecular weight is 353 g/mol. The maximum absolute atomic E-state index is 11.5. The van der Waals surface area contributed by atoms with Crippen molar-refractivity contribution < 1.29 is 4.79 Å². The van der Waals surface area contributed by atoms with Crippen molar-refractivity contribution in [2.45, 2.75) is 52.5 Å². The van der Waals surface area contributed by atoms with Gasteiger partial charge in [0.05, 0.1) is 11.0 Å². The highest BCUT2D eigenvalue weighted by Gasteiger charge is 2.16. The SMILES string of the molecule is CCCC(=O)NCCCCn1c(CC)nc2c(N)nc3ccccc3c21. The molecule has 1 amide bonds. The third-order valence-corrected chi connectivity index (χ3v) is 4.61. The van der Waals surface area contributed by atoms with E-state index < -0.39 is 0 Å². The van der Waals surface area contributed by atoms with Crippen LogP contribution in [-0.2, 0) is 17.8 Å². The first-order valence-corrected chi connectivity index (χ1v) is 9.45. The van der Waals surface area contributed by atoms with Crippen LogP contribution in [0, 0.1) is 0 Å². The summed E-state index contributed by atoms with van der Waals surface area (Å²) in [6.45, 7) is 5.70. The van der Waals surface area contributed by atoms with Crippen LogP contribution >= 0.6 is 0 Å². The van der Waals surface area contributed by atoms with Gasteiger partial charge in [0.2, 0.25) is 5.91 Å². The normalized spacial score (nSPS) is 11.3. The van der Waals surface area contributed by atoms with Gasteiger partial charge in [0, 0.05) is 31.3 Å². The van der Waals surface area contributed by atoms with Gasteiger partial charge >= 0.3 is 0 Å². The van der Waals surface area contributed by atoms with Crippen molar-refractivity contribution in [1.82, 2.24) is 19.9 Å².